The number of carbonyl (C=O) groups excluding carboxylic acids is 2. The Kier molecular flexibility index (Phi) is 6.92. The summed E-state index contributed by atoms with van der Waals surface area (Å²) in [5.74, 6) is 0.0990. The molecule has 172 valence electrons. The van der Waals surface area contributed by atoms with Gasteiger partial charge >= 0.3 is 0 Å². The highest BCUT2D eigenvalue weighted by Gasteiger charge is 2.28. The second kappa shape index (κ2) is 9.68. The number of nitrogens with zero attached hydrogens (tertiary/aromatic N) is 1. The molecule has 2 aromatic rings. The zero-order chi connectivity index (χ0) is 22.7. The third kappa shape index (κ3) is 5.54. The number of hydrogen-bond donors (Lipinski definition) is 3. The van der Waals surface area contributed by atoms with Crippen molar-refractivity contribution in [1.82, 2.24) is 9.71 Å². The molecular weight excluding hydrogens is 448 g/mol. The first-order valence-electron chi connectivity index (χ1n) is 11.0. The average molecular weight is 477 g/mol. The summed E-state index contributed by atoms with van der Waals surface area (Å²) in [7, 11) is -3.64. The Hall–Kier alpha value is -2.30. The average Bonchev–Trinajstić information content (AvgIpc) is 3.07. The fourth-order valence-electron chi connectivity index (χ4n) is 4.28. The van der Waals surface area contributed by atoms with Crippen LogP contribution in [0.1, 0.15) is 49.8 Å². The Labute approximate surface area is 192 Å². The van der Waals surface area contributed by atoms with E-state index in [1.165, 1.54) is 17.4 Å². The van der Waals surface area contributed by atoms with Gasteiger partial charge in [-0.25, -0.2) is 18.1 Å². The highest BCUT2D eigenvalue weighted by molar-refractivity contribution is 7.89. The number of nitrogens with one attached hydrogen (secondary N) is 3. The second-order valence-electron chi connectivity index (χ2n) is 8.57. The number of aromatic nitrogens is 1. The minimum Gasteiger partial charge on any atom is -0.326 e. The van der Waals surface area contributed by atoms with Gasteiger partial charge in [0.15, 0.2) is 5.13 Å². The van der Waals surface area contributed by atoms with E-state index in [0.29, 0.717) is 36.6 Å². The van der Waals surface area contributed by atoms with Gasteiger partial charge in [-0.15, -0.1) is 11.3 Å². The van der Waals surface area contributed by atoms with Crippen LogP contribution in [-0.4, -0.2) is 31.8 Å². The molecule has 1 aliphatic heterocycles. The molecule has 0 saturated heterocycles. The molecule has 8 nitrogen and oxygen atoms in total. The predicted molar refractivity (Wildman–Crippen MR) is 124 cm³/mol. The van der Waals surface area contributed by atoms with Crippen LogP contribution in [0.3, 0.4) is 0 Å². The fourth-order valence-corrected chi connectivity index (χ4v) is 6.13. The number of thiazole rings is 1. The van der Waals surface area contributed by atoms with Gasteiger partial charge in [0.2, 0.25) is 21.8 Å². The Morgan fingerprint density at radius 2 is 2.00 bits per heavy atom. The van der Waals surface area contributed by atoms with Gasteiger partial charge in [0.05, 0.1) is 10.6 Å². The normalized spacial score (nSPS) is 21.3. The third-order valence-corrected chi connectivity index (χ3v) is 8.44. The van der Waals surface area contributed by atoms with Crippen molar-refractivity contribution in [3.8, 4) is 0 Å². The summed E-state index contributed by atoms with van der Waals surface area (Å²) in [6, 6.07) is 4.86. The molecule has 1 saturated carbocycles. The maximum atomic E-state index is 12.8. The number of hydrogen-bond acceptors (Lipinski definition) is 6. The lowest BCUT2D eigenvalue weighted by Crippen LogP contribution is -2.33. The predicted octanol–water partition coefficient (Wildman–Crippen LogP) is 3.45. The summed E-state index contributed by atoms with van der Waals surface area (Å²) in [6.45, 7) is 2.25. The van der Waals surface area contributed by atoms with Crippen molar-refractivity contribution in [2.45, 2.75) is 56.8 Å². The molecule has 0 spiro atoms. The fraction of sp³-hybridized carbons (Fsp3) is 0.500. The number of rotatable bonds is 6. The summed E-state index contributed by atoms with van der Waals surface area (Å²) in [5, 5.41) is 8.24. The van der Waals surface area contributed by atoms with Crippen LogP contribution in [0.25, 0.3) is 0 Å². The lowest BCUT2D eigenvalue weighted by molar-refractivity contribution is -0.121. The monoisotopic (exact) mass is 476 g/mol. The number of anilines is 2. The van der Waals surface area contributed by atoms with Gasteiger partial charge in [0, 0.05) is 30.0 Å². The van der Waals surface area contributed by atoms with Crippen molar-refractivity contribution in [2.75, 3.05) is 17.2 Å². The quantitative estimate of drug-likeness (QED) is 0.590. The topological polar surface area (TPSA) is 117 Å². The maximum Gasteiger partial charge on any atom is 0.240 e. The molecule has 1 aromatic heterocycles. The zero-order valence-corrected chi connectivity index (χ0v) is 19.7. The van der Waals surface area contributed by atoms with E-state index in [-0.39, 0.29) is 28.5 Å². The smallest absolute Gasteiger partial charge is 0.240 e. The number of aryl methyl sites for hydroxylation is 2. The lowest BCUT2D eigenvalue weighted by Gasteiger charge is -2.27. The van der Waals surface area contributed by atoms with Crippen molar-refractivity contribution in [3.05, 3.63) is 34.8 Å². The molecule has 1 aliphatic carbocycles. The van der Waals surface area contributed by atoms with Gasteiger partial charge in [-0.2, -0.15) is 0 Å². The summed E-state index contributed by atoms with van der Waals surface area (Å²) in [6.07, 6.45) is 4.89. The zero-order valence-electron chi connectivity index (χ0n) is 18.0. The maximum absolute atomic E-state index is 12.8. The van der Waals surface area contributed by atoms with Crippen molar-refractivity contribution in [3.63, 3.8) is 0 Å². The molecule has 0 unspecified atom stereocenters. The van der Waals surface area contributed by atoms with Crippen LogP contribution in [0, 0.1) is 18.8 Å². The molecule has 32 heavy (non-hydrogen) atoms. The third-order valence-electron chi connectivity index (χ3n) is 6.14. The summed E-state index contributed by atoms with van der Waals surface area (Å²) < 4.78 is 28.4. The minimum absolute atomic E-state index is 0.00421. The molecule has 1 fully saturated rings. The van der Waals surface area contributed by atoms with E-state index in [2.05, 4.69) is 20.3 Å². The number of fused-ring (bicyclic) bond motifs is 1. The van der Waals surface area contributed by atoms with Crippen molar-refractivity contribution >= 4 is 44.0 Å². The standard InChI is InChI=1S/C22H28N4O4S2/c1-14-13-31-22(24-14)26-21(28)16-7-5-15(6-8-16)12-23-32(29,30)18-9-10-19-17(11-18)3-2-4-20(27)25-19/h9-11,13,15-16,23H,2-8,12H2,1H3,(H,25,27)(H,24,26,28). The Morgan fingerprint density at radius 1 is 1.22 bits per heavy atom. The first-order valence-corrected chi connectivity index (χ1v) is 13.3. The van der Waals surface area contributed by atoms with E-state index in [0.717, 1.165) is 36.9 Å². The molecule has 4 rings (SSSR count). The number of sulfonamides is 1. The number of carbonyl (C=O) groups is 2. The molecule has 3 N–H and O–H groups in total. The van der Waals surface area contributed by atoms with Gasteiger partial charge < -0.3 is 10.6 Å². The van der Waals surface area contributed by atoms with Gasteiger partial charge in [-0.3, -0.25) is 9.59 Å². The molecular formula is C22H28N4O4S2. The van der Waals surface area contributed by atoms with E-state index in [4.69, 9.17) is 0 Å². The molecule has 10 heteroatoms. The first-order chi connectivity index (χ1) is 15.3. The molecule has 1 aromatic carbocycles. The van der Waals surface area contributed by atoms with Gasteiger partial charge in [0.25, 0.3) is 0 Å². The van der Waals surface area contributed by atoms with Crippen LogP contribution in [0.5, 0.6) is 0 Å². The highest BCUT2D eigenvalue weighted by Crippen LogP contribution is 2.30. The Morgan fingerprint density at radius 3 is 2.72 bits per heavy atom. The van der Waals surface area contributed by atoms with Gasteiger partial charge in [0.1, 0.15) is 0 Å². The second-order valence-corrected chi connectivity index (χ2v) is 11.2. The molecule has 2 amide bonds. The van der Waals surface area contributed by atoms with E-state index < -0.39 is 10.0 Å². The SMILES string of the molecule is Cc1csc(NC(=O)C2CCC(CNS(=O)(=O)c3ccc4c(c3)CCCC(=O)N4)CC2)n1. The van der Waals surface area contributed by atoms with Crippen LogP contribution in [-0.2, 0) is 26.0 Å². The molecule has 0 bridgehead atoms. The number of amides is 2. The van der Waals surface area contributed by atoms with E-state index in [9.17, 15) is 18.0 Å². The van der Waals surface area contributed by atoms with Crippen LogP contribution in [0.4, 0.5) is 10.8 Å². The van der Waals surface area contributed by atoms with Crippen LogP contribution >= 0.6 is 11.3 Å². The van der Waals surface area contributed by atoms with Gasteiger partial charge in [-0.05, 0) is 75.1 Å². The Balaban J connectivity index is 1.29. The summed E-state index contributed by atoms with van der Waals surface area (Å²) in [5.41, 5.74) is 2.43. The van der Waals surface area contributed by atoms with Crippen LogP contribution < -0.4 is 15.4 Å². The molecule has 0 atom stereocenters. The van der Waals surface area contributed by atoms with E-state index in [1.54, 1.807) is 12.1 Å². The van der Waals surface area contributed by atoms with E-state index in [1.807, 2.05) is 12.3 Å². The minimum atomic E-state index is -3.64. The lowest BCUT2D eigenvalue weighted by atomic mass is 9.81. The van der Waals surface area contributed by atoms with Crippen molar-refractivity contribution in [1.29, 1.82) is 0 Å². The number of benzene rings is 1. The Bertz CT molecular complexity index is 1100. The molecule has 0 radical (unpaired) electrons. The largest absolute Gasteiger partial charge is 0.326 e. The molecule has 2 heterocycles. The molecule has 2 aliphatic rings. The van der Waals surface area contributed by atoms with Crippen molar-refractivity contribution < 1.29 is 18.0 Å². The van der Waals surface area contributed by atoms with Crippen molar-refractivity contribution in [2.24, 2.45) is 11.8 Å². The van der Waals surface area contributed by atoms with E-state index >= 15 is 0 Å². The van der Waals surface area contributed by atoms with Crippen LogP contribution in [0.15, 0.2) is 28.5 Å². The summed E-state index contributed by atoms with van der Waals surface area (Å²) in [4.78, 5) is 28.7. The highest BCUT2D eigenvalue weighted by atomic mass is 32.2. The first kappa shape index (κ1) is 22.9. The van der Waals surface area contributed by atoms with Gasteiger partial charge in [-0.1, -0.05) is 0 Å². The summed E-state index contributed by atoms with van der Waals surface area (Å²) >= 11 is 1.42. The van der Waals surface area contributed by atoms with Crippen LogP contribution in [0.2, 0.25) is 0 Å².